The number of halogens is 4. The molecule has 0 aliphatic heterocycles. The molecule has 0 spiro atoms. The Morgan fingerprint density at radius 1 is 1.14 bits per heavy atom. The van der Waals surface area contributed by atoms with Crippen LogP contribution >= 0.6 is 11.6 Å². The number of benzene rings is 2. The summed E-state index contributed by atoms with van der Waals surface area (Å²) in [6.45, 7) is 1.34. The molecule has 0 aliphatic carbocycles. The number of hydrogen-bond donors (Lipinski definition) is 0. The predicted molar refractivity (Wildman–Crippen MR) is 73.6 cm³/mol. The second-order valence-electron chi connectivity index (χ2n) is 4.29. The van der Waals surface area contributed by atoms with E-state index in [1.54, 1.807) is 6.07 Å². The van der Waals surface area contributed by atoms with Gasteiger partial charge in [0.15, 0.2) is 5.78 Å². The average molecular weight is 315 g/mol. The van der Waals surface area contributed by atoms with Gasteiger partial charge in [-0.2, -0.15) is 0 Å². The molecule has 0 bridgehead atoms. The minimum absolute atomic E-state index is 0.231. The number of alkyl halides is 3. The van der Waals surface area contributed by atoms with Crippen LogP contribution < -0.4 is 4.74 Å². The molecule has 21 heavy (non-hydrogen) atoms. The molecule has 6 heteroatoms. The monoisotopic (exact) mass is 314 g/mol. The van der Waals surface area contributed by atoms with Crippen LogP contribution in [0.1, 0.15) is 17.3 Å². The first kappa shape index (κ1) is 15.4. The van der Waals surface area contributed by atoms with Gasteiger partial charge in [0.05, 0.1) is 5.02 Å². The Hall–Kier alpha value is -2.01. The van der Waals surface area contributed by atoms with Gasteiger partial charge in [-0.15, -0.1) is 13.2 Å². The van der Waals surface area contributed by atoms with Crippen molar-refractivity contribution in [2.45, 2.75) is 13.3 Å². The van der Waals surface area contributed by atoms with Crippen molar-refractivity contribution in [2.24, 2.45) is 0 Å². The molecule has 2 nitrogen and oxygen atoms in total. The number of rotatable bonds is 3. The normalized spacial score (nSPS) is 11.3. The molecule has 110 valence electrons. The molecule has 0 aromatic heterocycles. The van der Waals surface area contributed by atoms with Crippen LogP contribution in [-0.2, 0) is 0 Å². The van der Waals surface area contributed by atoms with Crippen molar-refractivity contribution in [3.05, 3.63) is 53.1 Å². The highest BCUT2D eigenvalue weighted by atomic mass is 35.5. The Kier molecular flexibility index (Phi) is 4.23. The van der Waals surface area contributed by atoms with Crippen molar-refractivity contribution in [1.29, 1.82) is 0 Å². The number of Topliss-reactive ketones (excluding diaryl/α,β-unsaturated/α-hetero) is 1. The van der Waals surface area contributed by atoms with Crippen LogP contribution in [0.25, 0.3) is 11.1 Å². The van der Waals surface area contributed by atoms with E-state index in [-0.39, 0.29) is 27.7 Å². The first-order valence-corrected chi connectivity index (χ1v) is 6.31. The van der Waals surface area contributed by atoms with E-state index in [9.17, 15) is 18.0 Å². The van der Waals surface area contributed by atoms with Gasteiger partial charge in [-0.25, -0.2) is 0 Å². The summed E-state index contributed by atoms with van der Waals surface area (Å²) >= 11 is 5.89. The lowest BCUT2D eigenvalue weighted by molar-refractivity contribution is -0.274. The van der Waals surface area contributed by atoms with Crippen molar-refractivity contribution < 1.29 is 22.7 Å². The van der Waals surface area contributed by atoms with Crippen molar-refractivity contribution >= 4 is 17.4 Å². The fourth-order valence-corrected chi connectivity index (χ4v) is 2.13. The van der Waals surface area contributed by atoms with Crippen LogP contribution in [-0.4, -0.2) is 12.1 Å². The Balaban J connectivity index is 2.52. The lowest BCUT2D eigenvalue weighted by atomic mass is 10.0. The van der Waals surface area contributed by atoms with Gasteiger partial charge in [-0.05, 0) is 30.7 Å². The minimum Gasteiger partial charge on any atom is -0.405 e. The SMILES string of the molecule is CC(=O)c1cc(-c2ccccc2OC(F)(F)F)ccc1Cl. The molecule has 2 rings (SSSR count). The summed E-state index contributed by atoms with van der Waals surface area (Å²) in [6, 6.07) is 10.2. The number of hydrogen-bond acceptors (Lipinski definition) is 2. The van der Waals surface area contributed by atoms with Crippen molar-refractivity contribution in [3.63, 3.8) is 0 Å². The van der Waals surface area contributed by atoms with E-state index in [1.807, 2.05) is 0 Å². The van der Waals surface area contributed by atoms with E-state index >= 15 is 0 Å². The Bertz CT molecular complexity index is 681. The standard InChI is InChI=1S/C15H10ClF3O2/c1-9(20)12-8-10(6-7-13(12)16)11-4-2-3-5-14(11)21-15(17,18)19/h2-8H,1H3. The fourth-order valence-electron chi connectivity index (χ4n) is 1.88. The summed E-state index contributed by atoms with van der Waals surface area (Å²) in [4.78, 5) is 11.5. The zero-order chi connectivity index (χ0) is 15.6. The van der Waals surface area contributed by atoms with E-state index in [4.69, 9.17) is 11.6 Å². The number of ketones is 1. The third kappa shape index (κ3) is 3.76. The smallest absolute Gasteiger partial charge is 0.405 e. The van der Waals surface area contributed by atoms with Crippen molar-refractivity contribution in [1.82, 2.24) is 0 Å². The molecule has 0 atom stereocenters. The molecular weight excluding hydrogens is 305 g/mol. The Morgan fingerprint density at radius 2 is 1.81 bits per heavy atom. The van der Waals surface area contributed by atoms with Crippen LogP contribution in [0.3, 0.4) is 0 Å². The lowest BCUT2D eigenvalue weighted by Crippen LogP contribution is -2.17. The van der Waals surface area contributed by atoms with E-state index in [1.165, 1.54) is 43.3 Å². The predicted octanol–water partition coefficient (Wildman–Crippen LogP) is 5.11. The number of para-hydroxylation sites is 1. The van der Waals surface area contributed by atoms with Gasteiger partial charge in [0.2, 0.25) is 0 Å². The highest BCUT2D eigenvalue weighted by Gasteiger charge is 2.32. The summed E-state index contributed by atoms with van der Waals surface area (Å²) in [5, 5.41) is 0.250. The molecule has 2 aromatic carbocycles. The molecule has 0 fully saturated rings. The molecule has 0 N–H and O–H groups in total. The van der Waals surface area contributed by atoms with Gasteiger partial charge >= 0.3 is 6.36 Å². The Labute approximate surface area is 124 Å². The Morgan fingerprint density at radius 3 is 2.43 bits per heavy atom. The molecule has 0 unspecified atom stereocenters. The molecule has 2 aromatic rings. The summed E-state index contributed by atoms with van der Waals surface area (Å²) in [5.74, 6) is -0.599. The van der Waals surface area contributed by atoms with Crippen molar-refractivity contribution in [3.8, 4) is 16.9 Å². The molecule has 0 saturated carbocycles. The maximum absolute atomic E-state index is 12.4. The number of ether oxygens (including phenoxy) is 1. The maximum atomic E-state index is 12.4. The highest BCUT2D eigenvalue weighted by Crippen LogP contribution is 2.35. The number of carbonyl (C=O) groups is 1. The summed E-state index contributed by atoms with van der Waals surface area (Å²) < 4.78 is 41.2. The van der Waals surface area contributed by atoms with E-state index in [0.29, 0.717) is 5.56 Å². The van der Waals surface area contributed by atoms with E-state index in [0.717, 1.165) is 0 Å². The summed E-state index contributed by atoms with van der Waals surface area (Å²) in [6.07, 6.45) is -4.79. The van der Waals surface area contributed by atoms with Crippen LogP contribution in [0.4, 0.5) is 13.2 Å². The first-order chi connectivity index (χ1) is 9.78. The fraction of sp³-hybridized carbons (Fsp3) is 0.133. The molecular formula is C15H10ClF3O2. The second kappa shape index (κ2) is 5.77. The molecule has 0 amide bonds. The zero-order valence-electron chi connectivity index (χ0n) is 10.9. The van der Waals surface area contributed by atoms with Crippen LogP contribution in [0.15, 0.2) is 42.5 Å². The van der Waals surface area contributed by atoms with E-state index in [2.05, 4.69) is 4.74 Å². The van der Waals surface area contributed by atoms with Gasteiger partial charge in [0, 0.05) is 11.1 Å². The van der Waals surface area contributed by atoms with Crippen LogP contribution in [0.2, 0.25) is 5.02 Å². The quantitative estimate of drug-likeness (QED) is 0.736. The lowest BCUT2D eigenvalue weighted by Gasteiger charge is -2.14. The van der Waals surface area contributed by atoms with Gasteiger partial charge in [0.25, 0.3) is 0 Å². The van der Waals surface area contributed by atoms with Gasteiger partial charge in [-0.3, -0.25) is 4.79 Å². The third-order valence-corrected chi connectivity index (χ3v) is 3.10. The second-order valence-corrected chi connectivity index (χ2v) is 4.70. The maximum Gasteiger partial charge on any atom is 0.573 e. The summed E-state index contributed by atoms with van der Waals surface area (Å²) in [5.41, 5.74) is 0.898. The molecule has 0 saturated heterocycles. The van der Waals surface area contributed by atoms with Crippen LogP contribution in [0.5, 0.6) is 5.75 Å². The average Bonchev–Trinajstić information content (AvgIpc) is 2.38. The van der Waals surface area contributed by atoms with Gasteiger partial charge in [0.1, 0.15) is 5.75 Å². The first-order valence-electron chi connectivity index (χ1n) is 5.93. The van der Waals surface area contributed by atoms with Gasteiger partial charge in [-0.1, -0.05) is 35.9 Å². The van der Waals surface area contributed by atoms with Gasteiger partial charge < -0.3 is 4.74 Å². The molecule has 0 radical (unpaired) electrons. The molecule has 0 aliphatic rings. The van der Waals surface area contributed by atoms with E-state index < -0.39 is 6.36 Å². The topological polar surface area (TPSA) is 26.3 Å². The number of carbonyl (C=O) groups excluding carboxylic acids is 1. The minimum atomic E-state index is -4.79. The van der Waals surface area contributed by atoms with Crippen molar-refractivity contribution in [2.75, 3.05) is 0 Å². The zero-order valence-corrected chi connectivity index (χ0v) is 11.6. The highest BCUT2D eigenvalue weighted by molar-refractivity contribution is 6.34. The van der Waals surface area contributed by atoms with Crippen LogP contribution in [0, 0.1) is 0 Å². The molecule has 0 heterocycles. The third-order valence-electron chi connectivity index (χ3n) is 2.77. The summed E-state index contributed by atoms with van der Waals surface area (Å²) in [7, 11) is 0. The largest absolute Gasteiger partial charge is 0.573 e.